The third kappa shape index (κ3) is 5.89. The first kappa shape index (κ1) is 20.5. The molecule has 26 heavy (non-hydrogen) atoms. The molecule has 142 valence electrons. The van der Waals surface area contributed by atoms with Gasteiger partial charge in [-0.3, -0.25) is 9.79 Å². The van der Waals surface area contributed by atoms with Crippen molar-refractivity contribution < 1.29 is 4.79 Å². The van der Waals surface area contributed by atoms with Crippen LogP contribution in [0, 0.1) is 5.92 Å². The highest BCUT2D eigenvalue weighted by atomic mass is 127. The van der Waals surface area contributed by atoms with E-state index in [0.717, 1.165) is 38.3 Å². The summed E-state index contributed by atoms with van der Waals surface area (Å²) in [5.74, 6) is 1.23. The molecule has 1 aliphatic rings. The zero-order chi connectivity index (χ0) is 17.5. The average molecular weight is 469 g/mol. The van der Waals surface area contributed by atoms with Crippen LogP contribution in [0.4, 0.5) is 0 Å². The van der Waals surface area contributed by atoms with Gasteiger partial charge in [-0.2, -0.15) is 0 Å². The largest absolute Gasteiger partial charge is 0.356 e. The van der Waals surface area contributed by atoms with Crippen molar-refractivity contribution in [1.82, 2.24) is 20.5 Å². The Labute approximate surface area is 171 Å². The lowest BCUT2D eigenvalue weighted by atomic mass is 10.2. The number of fused-ring (bicyclic) bond motifs is 1. The number of carbonyl (C=O) groups is 1. The van der Waals surface area contributed by atoms with E-state index in [9.17, 15) is 4.79 Å². The Hall–Kier alpha value is -1.77. The Kier molecular flexibility index (Phi) is 8.21. The third-order valence-corrected chi connectivity index (χ3v) is 4.44. The highest BCUT2D eigenvalue weighted by molar-refractivity contribution is 14.0. The zero-order valence-electron chi connectivity index (χ0n) is 15.2. The number of benzene rings is 1. The van der Waals surface area contributed by atoms with Crippen LogP contribution in [0.5, 0.6) is 0 Å². The van der Waals surface area contributed by atoms with Gasteiger partial charge in [0.15, 0.2) is 5.96 Å². The van der Waals surface area contributed by atoms with Crippen molar-refractivity contribution in [3.63, 3.8) is 0 Å². The van der Waals surface area contributed by atoms with Gasteiger partial charge in [0.25, 0.3) is 0 Å². The van der Waals surface area contributed by atoms with Gasteiger partial charge in [0.05, 0.1) is 0 Å². The van der Waals surface area contributed by atoms with Gasteiger partial charge in [0, 0.05) is 50.9 Å². The highest BCUT2D eigenvalue weighted by Crippen LogP contribution is 2.28. The lowest BCUT2D eigenvalue weighted by molar-refractivity contribution is -0.122. The van der Waals surface area contributed by atoms with Gasteiger partial charge in [0.2, 0.25) is 5.91 Å². The van der Waals surface area contributed by atoms with Gasteiger partial charge in [-0.15, -0.1) is 24.0 Å². The van der Waals surface area contributed by atoms with Gasteiger partial charge in [-0.1, -0.05) is 18.2 Å². The Morgan fingerprint density at radius 1 is 1.12 bits per heavy atom. The summed E-state index contributed by atoms with van der Waals surface area (Å²) in [6, 6.07) is 10.6. The molecule has 3 N–H and O–H groups in total. The summed E-state index contributed by atoms with van der Waals surface area (Å²) in [6.07, 6.45) is 5.23. The molecule has 1 aliphatic carbocycles. The number of carbonyl (C=O) groups excluding carboxylic acids is 1. The van der Waals surface area contributed by atoms with Crippen LogP contribution in [0.2, 0.25) is 0 Å². The van der Waals surface area contributed by atoms with Crippen LogP contribution in [0.25, 0.3) is 10.9 Å². The minimum Gasteiger partial charge on any atom is -0.356 e. The van der Waals surface area contributed by atoms with Crippen LogP contribution in [0.1, 0.15) is 19.3 Å². The molecule has 0 radical (unpaired) electrons. The Bertz CT molecular complexity index is 738. The molecule has 1 heterocycles. The van der Waals surface area contributed by atoms with E-state index in [2.05, 4.69) is 62.0 Å². The molecule has 1 fully saturated rings. The van der Waals surface area contributed by atoms with Crippen LogP contribution < -0.4 is 16.0 Å². The maximum atomic E-state index is 11.5. The standard InChI is InChI=1S/C19H27N5O.HI/c1-20-19(23-12-11-21-18(25)16-7-8-16)22-10-4-13-24-14-9-15-5-2-3-6-17(15)24;/h2-3,5-6,9,14,16H,4,7-8,10-13H2,1H3,(H,21,25)(H2,20,22,23);1H. The summed E-state index contributed by atoms with van der Waals surface area (Å²) in [4.78, 5) is 15.8. The summed E-state index contributed by atoms with van der Waals surface area (Å²) in [5, 5.41) is 10.8. The molecular weight excluding hydrogens is 441 g/mol. The van der Waals surface area contributed by atoms with E-state index in [1.165, 1.54) is 10.9 Å². The van der Waals surface area contributed by atoms with Crippen LogP contribution in [-0.2, 0) is 11.3 Å². The number of halogens is 1. The summed E-state index contributed by atoms with van der Waals surface area (Å²) in [6.45, 7) is 3.13. The summed E-state index contributed by atoms with van der Waals surface area (Å²) in [5.41, 5.74) is 1.27. The molecule has 1 saturated carbocycles. The highest BCUT2D eigenvalue weighted by Gasteiger charge is 2.28. The Morgan fingerprint density at radius 2 is 1.85 bits per heavy atom. The second-order valence-corrected chi connectivity index (χ2v) is 6.41. The predicted molar refractivity (Wildman–Crippen MR) is 117 cm³/mol. The molecular formula is C19H28IN5O. The van der Waals surface area contributed by atoms with Gasteiger partial charge >= 0.3 is 0 Å². The zero-order valence-corrected chi connectivity index (χ0v) is 17.5. The summed E-state index contributed by atoms with van der Waals surface area (Å²) >= 11 is 0. The number of aryl methyl sites for hydroxylation is 1. The number of hydrogen-bond acceptors (Lipinski definition) is 2. The van der Waals surface area contributed by atoms with Crippen molar-refractivity contribution in [3.8, 4) is 0 Å². The van der Waals surface area contributed by atoms with Crippen molar-refractivity contribution in [3.05, 3.63) is 36.5 Å². The summed E-state index contributed by atoms with van der Waals surface area (Å²) < 4.78 is 2.28. The van der Waals surface area contributed by atoms with Gasteiger partial charge in [0.1, 0.15) is 0 Å². The number of rotatable bonds is 8. The number of nitrogens with zero attached hydrogens (tertiary/aromatic N) is 2. The SMILES string of the molecule is CN=C(NCCCn1ccc2ccccc21)NCCNC(=O)C1CC1.I. The smallest absolute Gasteiger partial charge is 0.223 e. The van der Waals surface area contributed by atoms with Crippen molar-refractivity contribution >= 4 is 46.7 Å². The van der Waals surface area contributed by atoms with Crippen molar-refractivity contribution in [2.75, 3.05) is 26.7 Å². The summed E-state index contributed by atoms with van der Waals surface area (Å²) in [7, 11) is 1.76. The fraction of sp³-hybridized carbons (Fsp3) is 0.474. The number of amides is 1. The van der Waals surface area contributed by atoms with E-state index < -0.39 is 0 Å². The maximum absolute atomic E-state index is 11.5. The van der Waals surface area contributed by atoms with E-state index in [4.69, 9.17) is 0 Å². The number of aromatic nitrogens is 1. The van der Waals surface area contributed by atoms with Gasteiger partial charge < -0.3 is 20.5 Å². The number of hydrogen-bond donors (Lipinski definition) is 3. The van der Waals surface area contributed by atoms with Crippen molar-refractivity contribution in [1.29, 1.82) is 0 Å². The first-order valence-corrected chi connectivity index (χ1v) is 9.04. The monoisotopic (exact) mass is 469 g/mol. The predicted octanol–water partition coefficient (Wildman–Crippen LogP) is 2.34. The second-order valence-electron chi connectivity index (χ2n) is 6.41. The number of para-hydroxylation sites is 1. The van der Waals surface area contributed by atoms with E-state index in [1.807, 2.05) is 0 Å². The van der Waals surface area contributed by atoms with E-state index in [1.54, 1.807) is 7.05 Å². The molecule has 3 rings (SSSR count). The van der Waals surface area contributed by atoms with E-state index in [-0.39, 0.29) is 35.8 Å². The fourth-order valence-electron chi connectivity index (χ4n) is 2.87. The molecule has 1 aromatic heterocycles. The van der Waals surface area contributed by atoms with Crippen LogP contribution >= 0.6 is 24.0 Å². The Balaban J connectivity index is 0.00000243. The molecule has 1 aromatic carbocycles. The van der Waals surface area contributed by atoms with Crippen LogP contribution in [-0.4, -0.2) is 43.1 Å². The molecule has 6 nitrogen and oxygen atoms in total. The molecule has 0 spiro atoms. The quantitative estimate of drug-likeness (QED) is 0.241. The van der Waals surface area contributed by atoms with E-state index >= 15 is 0 Å². The normalized spacial score (nSPS) is 14.0. The lowest BCUT2D eigenvalue weighted by Gasteiger charge is -2.12. The first-order valence-electron chi connectivity index (χ1n) is 9.04. The third-order valence-electron chi connectivity index (χ3n) is 4.44. The van der Waals surface area contributed by atoms with Crippen molar-refractivity contribution in [2.24, 2.45) is 10.9 Å². The topological polar surface area (TPSA) is 70.5 Å². The fourth-order valence-corrected chi connectivity index (χ4v) is 2.87. The minimum absolute atomic E-state index is 0. The Morgan fingerprint density at radius 3 is 2.62 bits per heavy atom. The second kappa shape index (κ2) is 10.4. The van der Waals surface area contributed by atoms with Gasteiger partial charge in [-0.25, -0.2) is 0 Å². The molecule has 0 aliphatic heterocycles. The molecule has 0 atom stereocenters. The van der Waals surface area contributed by atoms with Crippen LogP contribution in [0.3, 0.4) is 0 Å². The molecule has 2 aromatic rings. The molecule has 1 amide bonds. The number of guanidine groups is 1. The molecule has 0 saturated heterocycles. The van der Waals surface area contributed by atoms with E-state index in [0.29, 0.717) is 13.1 Å². The molecule has 0 unspecified atom stereocenters. The van der Waals surface area contributed by atoms with Crippen LogP contribution in [0.15, 0.2) is 41.5 Å². The number of nitrogens with one attached hydrogen (secondary N) is 3. The number of aliphatic imine (C=N–C) groups is 1. The first-order chi connectivity index (χ1) is 12.3. The molecule has 7 heteroatoms. The average Bonchev–Trinajstić information content (AvgIpc) is 3.41. The van der Waals surface area contributed by atoms with Crippen molar-refractivity contribution in [2.45, 2.75) is 25.8 Å². The van der Waals surface area contributed by atoms with Gasteiger partial charge in [-0.05, 0) is 36.8 Å². The maximum Gasteiger partial charge on any atom is 0.223 e. The minimum atomic E-state index is 0. The lowest BCUT2D eigenvalue weighted by Crippen LogP contribution is -2.42. The molecule has 0 bridgehead atoms.